The molecular formula is C29H30N8O4. The minimum absolute atomic E-state index is 0.0991. The fourth-order valence-corrected chi connectivity index (χ4v) is 5.90. The summed E-state index contributed by atoms with van der Waals surface area (Å²) in [7, 11) is 1.58. The first-order valence-electron chi connectivity index (χ1n) is 13.7. The molecule has 0 aliphatic carbocycles. The number of benzene rings is 1. The van der Waals surface area contributed by atoms with Crippen molar-refractivity contribution in [2.45, 2.75) is 58.7 Å². The molecule has 0 N–H and O–H groups in total. The maximum atomic E-state index is 14.0. The molecular weight excluding hydrogens is 524 g/mol. The number of piperidine rings is 1. The van der Waals surface area contributed by atoms with Gasteiger partial charge in [-0.15, -0.1) is 5.92 Å². The minimum Gasteiger partial charge on any atom is -0.340 e. The van der Waals surface area contributed by atoms with Crippen molar-refractivity contribution in [3.05, 3.63) is 56.6 Å². The number of imide groups is 1. The van der Waals surface area contributed by atoms with Crippen LogP contribution in [0.3, 0.4) is 0 Å². The molecule has 2 fully saturated rings. The first-order valence-corrected chi connectivity index (χ1v) is 13.7. The van der Waals surface area contributed by atoms with Crippen LogP contribution in [-0.4, -0.2) is 64.5 Å². The number of aromatic nitrogens is 6. The van der Waals surface area contributed by atoms with E-state index < -0.39 is 11.2 Å². The molecule has 12 nitrogen and oxygen atoms in total. The van der Waals surface area contributed by atoms with Crippen molar-refractivity contribution in [3.63, 3.8) is 0 Å². The first-order chi connectivity index (χ1) is 19.8. The summed E-state index contributed by atoms with van der Waals surface area (Å²) in [6.07, 6.45) is 1.93. The van der Waals surface area contributed by atoms with Crippen LogP contribution in [-0.2, 0) is 29.7 Å². The summed E-state index contributed by atoms with van der Waals surface area (Å²) >= 11 is 0. The molecule has 0 radical (unpaired) electrons. The Morgan fingerprint density at radius 3 is 2.51 bits per heavy atom. The van der Waals surface area contributed by atoms with Gasteiger partial charge in [0.05, 0.1) is 24.6 Å². The lowest BCUT2D eigenvalue weighted by molar-refractivity contribution is -0.141. The Hall–Kier alpha value is -4.79. The predicted octanol–water partition coefficient (Wildman–Crippen LogP) is 1.34. The standard InChI is InChI=1S/C29H30N8O4/c1-4-5-15-35-25-26(32-28(35)34-14-8-9-19(16-34)37-23(38)12-13-24(37)39)33(3)29(41)36(27(25)40)17-22-30-18(2)20-10-6-7-11-21(20)31-22/h6-7,10-11,19H,8-9,12-17H2,1-3H3/t19-/m1/s1. The van der Waals surface area contributed by atoms with E-state index in [0.29, 0.717) is 31.3 Å². The van der Waals surface area contributed by atoms with Gasteiger partial charge in [0, 0.05) is 44.1 Å². The van der Waals surface area contributed by atoms with Crippen LogP contribution in [0.5, 0.6) is 0 Å². The van der Waals surface area contributed by atoms with E-state index in [0.717, 1.165) is 27.6 Å². The average Bonchev–Trinajstić information content (AvgIpc) is 3.52. The van der Waals surface area contributed by atoms with Crippen molar-refractivity contribution in [2.24, 2.45) is 7.05 Å². The zero-order chi connectivity index (χ0) is 28.8. The number of imidazole rings is 1. The van der Waals surface area contributed by atoms with Gasteiger partial charge in [0.1, 0.15) is 5.82 Å². The highest BCUT2D eigenvalue weighted by Gasteiger charge is 2.38. The van der Waals surface area contributed by atoms with E-state index in [1.807, 2.05) is 36.1 Å². The van der Waals surface area contributed by atoms with Crippen LogP contribution < -0.4 is 16.1 Å². The van der Waals surface area contributed by atoms with Crippen molar-refractivity contribution < 1.29 is 9.59 Å². The maximum Gasteiger partial charge on any atom is 0.332 e. The molecule has 2 saturated heterocycles. The molecule has 0 bridgehead atoms. The molecule has 2 aliphatic rings. The molecule has 41 heavy (non-hydrogen) atoms. The zero-order valence-corrected chi connectivity index (χ0v) is 23.3. The molecule has 2 amide bonds. The first kappa shape index (κ1) is 26.4. The smallest absolute Gasteiger partial charge is 0.332 e. The Morgan fingerprint density at radius 1 is 1.00 bits per heavy atom. The second kappa shape index (κ2) is 10.3. The van der Waals surface area contributed by atoms with Crippen molar-refractivity contribution in [1.82, 2.24) is 33.6 Å². The van der Waals surface area contributed by atoms with Gasteiger partial charge in [-0.3, -0.25) is 33.0 Å². The van der Waals surface area contributed by atoms with Gasteiger partial charge in [-0.2, -0.15) is 4.98 Å². The third-order valence-electron chi connectivity index (χ3n) is 7.90. The lowest BCUT2D eigenvalue weighted by Gasteiger charge is -2.37. The largest absolute Gasteiger partial charge is 0.340 e. The number of anilines is 1. The molecule has 0 spiro atoms. The number of aryl methyl sites for hydroxylation is 2. The Balaban J connectivity index is 1.45. The zero-order valence-electron chi connectivity index (χ0n) is 23.3. The van der Waals surface area contributed by atoms with E-state index in [2.05, 4.69) is 21.8 Å². The van der Waals surface area contributed by atoms with Gasteiger partial charge in [0.2, 0.25) is 17.8 Å². The highest BCUT2D eigenvalue weighted by Crippen LogP contribution is 2.27. The number of carbonyl (C=O) groups is 2. The fourth-order valence-electron chi connectivity index (χ4n) is 5.90. The number of likely N-dealkylation sites (tertiary alicyclic amines) is 1. The monoisotopic (exact) mass is 554 g/mol. The minimum atomic E-state index is -0.528. The molecule has 0 unspecified atom stereocenters. The lowest BCUT2D eigenvalue weighted by Crippen LogP contribution is -2.50. The van der Waals surface area contributed by atoms with Crippen LogP contribution in [0, 0.1) is 18.8 Å². The Morgan fingerprint density at radius 2 is 1.76 bits per heavy atom. The van der Waals surface area contributed by atoms with Gasteiger partial charge in [-0.1, -0.05) is 24.1 Å². The van der Waals surface area contributed by atoms with Crippen LogP contribution in [0.4, 0.5) is 5.95 Å². The van der Waals surface area contributed by atoms with Crippen molar-refractivity contribution in [1.29, 1.82) is 0 Å². The summed E-state index contributed by atoms with van der Waals surface area (Å²) in [5.74, 6) is 6.45. The van der Waals surface area contributed by atoms with E-state index in [1.165, 1.54) is 9.47 Å². The molecule has 210 valence electrons. The Bertz CT molecular complexity index is 1890. The lowest BCUT2D eigenvalue weighted by atomic mass is 10.0. The summed E-state index contributed by atoms with van der Waals surface area (Å²) in [4.78, 5) is 69.6. The quantitative estimate of drug-likeness (QED) is 0.267. The molecule has 4 aromatic rings. The molecule has 0 saturated carbocycles. The van der Waals surface area contributed by atoms with Crippen molar-refractivity contribution >= 4 is 39.8 Å². The van der Waals surface area contributed by atoms with Crippen LogP contribution in [0.1, 0.15) is 44.1 Å². The number of hydrogen-bond donors (Lipinski definition) is 0. The number of nitrogens with zero attached hydrogens (tertiary/aromatic N) is 8. The predicted molar refractivity (Wildman–Crippen MR) is 152 cm³/mol. The Kier molecular flexibility index (Phi) is 6.65. The Labute approximate surface area is 235 Å². The summed E-state index contributed by atoms with van der Waals surface area (Å²) in [5, 5.41) is 0.907. The highest BCUT2D eigenvalue weighted by atomic mass is 16.2. The van der Waals surface area contributed by atoms with Crippen LogP contribution in [0.2, 0.25) is 0 Å². The molecule has 3 aromatic heterocycles. The van der Waals surface area contributed by atoms with Gasteiger partial charge < -0.3 is 4.90 Å². The summed E-state index contributed by atoms with van der Waals surface area (Å²) < 4.78 is 4.22. The average molecular weight is 555 g/mol. The summed E-state index contributed by atoms with van der Waals surface area (Å²) in [6, 6.07) is 7.32. The number of para-hydroxylation sites is 1. The number of fused-ring (bicyclic) bond motifs is 2. The third kappa shape index (κ3) is 4.47. The van der Waals surface area contributed by atoms with Gasteiger partial charge >= 0.3 is 5.69 Å². The molecule has 5 heterocycles. The van der Waals surface area contributed by atoms with Crippen molar-refractivity contribution in [3.8, 4) is 11.8 Å². The number of amides is 2. The maximum absolute atomic E-state index is 14.0. The SMILES string of the molecule is CC#CCn1c(N2CCC[C@@H](N3C(=O)CCC3=O)C2)nc2c1c(=O)n(Cc1nc(C)c3ccccc3n1)c(=O)n2C. The van der Waals surface area contributed by atoms with E-state index in [4.69, 9.17) is 4.98 Å². The van der Waals surface area contributed by atoms with Gasteiger partial charge in [-0.25, -0.2) is 14.8 Å². The second-order valence-corrected chi connectivity index (χ2v) is 10.5. The number of carbonyl (C=O) groups excluding carboxylic acids is 2. The van der Waals surface area contributed by atoms with Crippen LogP contribution in [0.15, 0.2) is 33.9 Å². The van der Waals surface area contributed by atoms with E-state index >= 15 is 0 Å². The molecule has 2 aliphatic heterocycles. The van der Waals surface area contributed by atoms with Crippen LogP contribution >= 0.6 is 0 Å². The second-order valence-electron chi connectivity index (χ2n) is 10.5. The van der Waals surface area contributed by atoms with Crippen LogP contribution in [0.25, 0.3) is 22.1 Å². The van der Waals surface area contributed by atoms with E-state index in [9.17, 15) is 19.2 Å². The third-order valence-corrected chi connectivity index (χ3v) is 7.90. The highest BCUT2D eigenvalue weighted by molar-refractivity contribution is 6.02. The van der Waals surface area contributed by atoms with Gasteiger partial charge in [0.25, 0.3) is 5.56 Å². The van der Waals surface area contributed by atoms with Gasteiger partial charge in [-0.05, 0) is 32.8 Å². The summed E-state index contributed by atoms with van der Waals surface area (Å²) in [5.41, 5.74) is 0.956. The normalized spacial score (nSPS) is 17.5. The summed E-state index contributed by atoms with van der Waals surface area (Å²) in [6.45, 7) is 4.70. The topological polar surface area (TPSA) is 128 Å². The number of hydrogen-bond acceptors (Lipinski definition) is 8. The van der Waals surface area contributed by atoms with E-state index in [-0.39, 0.29) is 55.0 Å². The van der Waals surface area contributed by atoms with E-state index in [1.54, 1.807) is 18.5 Å². The molecule has 1 aromatic carbocycles. The molecule has 1 atom stereocenters. The molecule has 6 rings (SSSR count). The van der Waals surface area contributed by atoms with Gasteiger partial charge in [0.15, 0.2) is 11.2 Å². The molecule has 12 heteroatoms. The number of rotatable bonds is 5. The van der Waals surface area contributed by atoms with Crippen molar-refractivity contribution in [2.75, 3.05) is 18.0 Å². The fraction of sp³-hybridized carbons (Fsp3) is 0.414.